The van der Waals surface area contributed by atoms with Gasteiger partial charge in [-0.05, 0) is 49.9 Å². The van der Waals surface area contributed by atoms with Crippen molar-refractivity contribution in [2.75, 3.05) is 12.8 Å². The van der Waals surface area contributed by atoms with E-state index in [1.54, 1.807) is 6.07 Å². The van der Waals surface area contributed by atoms with Gasteiger partial charge in [0.05, 0.1) is 10.9 Å². The molecule has 1 aliphatic carbocycles. The van der Waals surface area contributed by atoms with Gasteiger partial charge < -0.3 is 5.32 Å². The first-order valence-electron chi connectivity index (χ1n) is 7.24. The van der Waals surface area contributed by atoms with Crippen LogP contribution in [0.3, 0.4) is 0 Å². The molecule has 0 aromatic heterocycles. The topological polar surface area (TPSA) is 46.2 Å². The second-order valence-corrected chi connectivity index (χ2v) is 7.42. The van der Waals surface area contributed by atoms with E-state index in [1.165, 1.54) is 18.2 Å². The lowest BCUT2D eigenvalue weighted by Gasteiger charge is -2.21. The van der Waals surface area contributed by atoms with Crippen molar-refractivity contribution in [1.29, 1.82) is 0 Å². The van der Waals surface area contributed by atoms with Crippen LogP contribution >= 0.6 is 0 Å². The molecular formula is C16H23NO2S. The van der Waals surface area contributed by atoms with Gasteiger partial charge >= 0.3 is 0 Å². The molecule has 0 saturated heterocycles. The average Bonchev–Trinajstić information content (AvgIpc) is 2.92. The lowest BCUT2D eigenvalue weighted by Crippen LogP contribution is -2.23. The van der Waals surface area contributed by atoms with Crippen LogP contribution in [0, 0.1) is 0 Å². The molecule has 0 spiro atoms. The summed E-state index contributed by atoms with van der Waals surface area (Å²) in [7, 11) is -3.15. The summed E-state index contributed by atoms with van der Waals surface area (Å²) >= 11 is 0. The van der Waals surface area contributed by atoms with Crippen LogP contribution in [-0.4, -0.2) is 21.2 Å². The van der Waals surface area contributed by atoms with Crippen LogP contribution < -0.4 is 5.32 Å². The Bertz CT molecular complexity index is 590. The lowest BCUT2D eigenvalue weighted by atomic mass is 9.98. The molecule has 0 heterocycles. The van der Waals surface area contributed by atoms with Crippen LogP contribution in [-0.2, 0) is 9.84 Å². The Balaban J connectivity index is 2.33. The van der Waals surface area contributed by atoms with E-state index in [4.69, 9.17) is 0 Å². The molecule has 1 aromatic carbocycles. The van der Waals surface area contributed by atoms with Gasteiger partial charge in [0.2, 0.25) is 0 Å². The molecule has 20 heavy (non-hydrogen) atoms. The minimum absolute atomic E-state index is 0.152. The van der Waals surface area contributed by atoms with E-state index in [2.05, 4.69) is 18.3 Å². The van der Waals surface area contributed by atoms with Crippen molar-refractivity contribution < 1.29 is 8.42 Å². The largest absolute Gasteiger partial charge is 0.307 e. The highest BCUT2D eigenvalue weighted by Crippen LogP contribution is 2.31. The fourth-order valence-corrected chi connectivity index (χ4v) is 3.31. The van der Waals surface area contributed by atoms with Gasteiger partial charge in [-0.2, -0.15) is 0 Å². The zero-order valence-electron chi connectivity index (χ0n) is 12.2. The maximum atomic E-state index is 11.7. The number of benzene rings is 1. The Morgan fingerprint density at radius 1 is 1.35 bits per heavy atom. The van der Waals surface area contributed by atoms with Gasteiger partial charge in [0.1, 0.15) is 0 Å². The van der Waals surface area contributed by atoms with Crippen molar-refractivity contribution in [3.8, 4) is 0 Å². The van der Waals surface area contributed by atoms with E-state index < -0.39 is 9.84 Å². The molecule has 0 aliphatic heterocycles. The van der Waals surface area contributed by atoms with Crippen molar-refractivity contribution in [3.05, 3.63) is 41.5 Å². The van der Waals surface area contributed by atoms with Gasteiger partial charge in [-0.1, -0.05) is 30.7 Å². The van der Waals surface area contributed by atoms with Gasteiger partial charge in [0.15, 0.2) is 9.84 Å². The first-order chi connectivity index (χ1) is 9.52. The molecule has 4 heteroatoms. The Kier molecular flexibility index (Phi) is 5.00. The first-order valence-corrected chi connectivity index (χ1v) is 9.14. The van der Waals surface area contributed by atoms with Crippen LogP contribution in [0.5, 0.6) is 0 Å². The zero-order chi connectivity index (χ0) is 14.6. The Morgan fingerprint density at radius 2 is 2.15 bits per heavy atom. The molecule has 1 aliphatic rings. The van der Waals surface area contributed by atoms with Crippen LogP contribution in [0.2, 0.25) is 0 Å². The molecule has 1 atom stereocenters. The molecule has 3 nitrogen and oxygen atoms in total. The van der Waals surface area contributed by atoms with Gasteiger partial charge in [0.25, 0.3) is 0 Å². The summed E-state index contributed by atoms with van der Waals surface area (Å²) in [5.74, 6) is 0. The van der Waals surface area contributed by atoms with Crippen molar-refractivity contribution >= 4 is 9.84 Å². The molecule has 1 N–H and O–H groups in total. The number of hydrogen-bond donors (Lipinski definition) is 1. The van der Waals surface area contributed by atoms with E-state index in [0.29, 0.717) is 4.90 Å². The average molecular weight is 293 g/mol. The lowest BCUT2D eigenvalue weighted by molar-refractivity contribution is 0.576. The molecule has 2 rings (SSSR count). The first kappa shape index (κ1) is 15.3. The normalized spacial score (nSPS) is 17.0. The van der Waals surface area contributed by atoms with Gasteiger partial charge in [-0.3, -0.25) is 0 Å². The quantitative estimate of drug-likeness (QED) is 0.819. The zero-order valence-corrected chi connectivity index (χ0v) is 13.0. The highest BCUT2D eigenvalue weighted by atomic mass is 32.2. The van der Waals surface area contributed by atoms with E-state index in [-0.39, 0.29) is 6.04 Å². The summed E-state index contributed by atoms with van der Waals surface area (Å²) in [4.78, 5) is 0.400. The van der Waals surface area contributed by atoms with Gasteiger partial charge in [-0.25, -0.2) is 8.42 Å². The number of nitrogens with one attached hydrogen (secondary N) is 1. The Hall–Kier alpha value is -1.13. The third-order valence-electron chi connectivity index (χ3n) is 3.66. The Morgan fingerprint density at radius 3 is 2.75 bits per heavy atom. The monoisotopic (exact) mass is 293 g/mol. The summed E-state index contributed by atoms with van der Waals surface area (Å²) in [6.07, 6.45) is 8.05. The molecule has 0 amide bonds. The van der Waals surface area contributed by atoms with E-state index in [9.17, 15) is 8.42 Å². The summed E-state index contributed by atoms with van der Waals surface area (Å²) in [5.41, 5.74) is 2.44. The SMILES string of the molecule is CCCNC(C1=CCCC1)c1cccc(S(C)(=O)=O)c1. The number of hydrogen-bond acceptors (Lipinski definition) is 3. The summed E-state index contributed by atoms with van der Waals surface area (Å²) < 4.78 is 23.4. The highest BCUT2D eigenvalue weighted by molar-refractivity contribution is 7.90. The second kappa shape index (κ2) is 6.55. The minimum atomic E-state index is -3.15. The fraction of sp³-hybridized carbons (Fsp3) is 0.500. The van der Waals surface area contributed by atoms with Crippen LogP contribution in [0.25, 0.3) is 0 Å². The highest BCUT2D eigenvalue weighted by Gasteiger charge is 2.19. The number of allylic oxidation sites excluding steroid dienone is 1. The van der Waals surface area contributed by atoms with Crippen LogP contribution in [0.15, 0.2) is 40.8 Å². The summed E-state index contributed by atoms with van der Waals surface area (Å²) in [6.45, 7) is 3.07. The maximum absolute atomic E-state index is 11.7. The Labute approximate surface area is 122 Å². The van der Waals surface area contributed by atoms with E-state index >= 15 is 0 Å². The molecule has 0 radical (unpaired) electrons. The predicted octanol–water partition coefficient (Wildman–Crippen LogP) is 3.24. The van der Waals surface area contributed by atoms with Crippen molar-refractivity contribution in [2.45, 2.75) is 43.5 Å². The molecule has 0 saturated carbocycles. The summed E-state index contributed by atoms with van der Waals surface area (Å²) in [5, 5.41) is 3.54. The fourth-order valence-electron chi connectivity index (χ4n) is 2.63. The standard InChI is InChI=1S/C16H23NO2S/c1-3-11-17-16(13-7-4-5-8-13)14-9-6-10-15(12-14)20(2,18)19/h6-7,9-10,12,16-17H,3-5,8,11H2,1-2H3. The third-order valence-corrected chi connectivity index (χ3v) is 4.78. The van der Waals surface area contributed by atoms with Crippen LogP contribution in [0.1, 0.15) is 44.2 Å². The minimum Gasteiger partial charge on any atom is -0.307 e. The predicted molar refractivity (Wildman–Crippen MR) is 82.5 cm³/mol. The van der Waals surface area contributed by atoms with Crippen LogP contribution in [0.4, 0.5) is 0 Å². The van der Waals surface area contributed by atoms with Crippen molar-refractivity contribution in [3.63, 3.8) is 0 Å². The van der Waals surface area contributed by atoms with Gasteiger partial charge in [-0.15, -0.1) is 0 Å². The van der Waals surface area contributed by atoms with Gasteiger partial charge in [0, 0.05) is 6.26 Å². The molecule has 1 aromatic rings. The molecule has 1 unspecified atom stereocenters. The third kappa shape index (κ3) is 3.70. The second-order valence-electron chi connectivity index (χ2n) is 5.40. The summed E-state index contributed by atoms with van der Waals surface area (Å²) in [6, 6.07) is 7.47. The molecule has 0 bridgehead atoms. The molecule has 0 fully saturated rings. The number of rotatable bonds is 6. The number of sulfone groups is 1. The van der Waals surface area contributed by atoms with E-state index in [0.717, 1.165) is 31.4 Å². The molecule has 110 valence electrons. The smallest absolute Gasteiger partial charge is 0.175 e. The van der Waals surface area contributed by atoms with Crippen molar-refractivity contribution in [1.82, 2.24) is 5.32 Å². The van der Waals surface area contributed by atoms with E-state index in [1.807, 2.05) is 18.2 Å². The van der Waals surface area contributed by atoms with Crippen molar-refractivity contribution in [2.24, 2.45) is 0 Å². The maximum Gasteiger partial charge on any atom is 0.175 e. The molecular weight excluding hydrogens is 270 g/mol.